The summed E-state index contributed by atoms with van der Waals surface area (Å²) in [6.45, 7) is 8.12. The number of nitrogens with one attached hydrogen (secondary N) is 1. The van der Waals surface area contributed by atoms with E-state index in [-0.39, 0.29) is 0 Å². The van der Waals surface area contributed by atoms with Crippen LogP contribution in [0.3, 0.4) is 0 Å². The third kappa shape index (κ3) is 1.96. The standard InChI is InChI=1S/C10H12N2O.C2H6/c1-6-7(2)12-8-4-5-11-10(13-3)9(6)8;1-2/h4-5,12H,1-3H3;1-2H3. The van der Waals surface area contributed by atoms with Gasteiger partial charge in [0.1, 0.15) is 0 Å². The first-order valence-electron chi connectivity index (χ1n) is 5.22. The summed E-state index contributed by atoms with van der Waals surface area (Å²) in [6, 6.07) is 1.96. The Labute approximate surface area is 90.5 Å². The van der Waals surface area contributed by atoms with Gasteiger partial charge in [0.2, 0.25) is 5.88 Å². The van der Waals surface area contributed by atoms with Crippen molar-refractivity contribution in [2.45, 2.75) is 27.7 Å². The summed E-state index contributed by atoms with van der Waals surface area (Å²) in [6.07, 6.45) is 1.75. The number of pyridine rings is 1. The van der Waals surface area contributed by atoms with E-state index in [1.165, 1.54) is 11.3 Å². The fourth-order valence-electron chi connectivity index (χ4n) is 1.55. The maximum absolute atomic E-state index is 5.19. The predicted molar refractivity (Wildman–Crippen MR) is 63.5 cm³/mol. The molecule has 2 aromatic heterocycles. The van der Waals surface area contributed by atoms with Crippen LogP contribution in [0.2, 0.25) is 0 Å². The van der Waals surface area contributed by atoms with Crippen molar-refractivity contribution in [3.63, 3.8) is 0 Å². The van der Waals surface area contributed by atoms with E-state index >= 15 is 0 Å². The molecule has 0 atom stereocenters. The fourth-order valence-corrected chi connectivity index (χ4v) is 1.55. The average Bonchev–Trinajstić information content (AvgIpc) is 2.58. The number of hydrogen-bond donors (Lipinski definition) is 1. The number of aromatic amines is 1. The molecule has 0 saturated heterocycles. The quantitative estimate of drug-likeness (QED) is 0.778. The molecule has 0 bridgehead atoms. The normalized spacial score (nSPS) is 9.67. The summed E-state index contributed by atoms with van der Waals surface area (Å²) >= 11 is 0. The minimum atomic E-state index is 0.694. The van der Waals surface area contributed by atoms with Crippen LogP contribution in [0.4, 0.5) is 0 Å². The zero-order valence-corrected chi connectivity index (χ0v) is 10.0. The molecule has 0 fully saturated rings. The second-order valence-corrected chi connectivity index (χ2v) is 3.12. The van der Waals surface area contributed by atoms with Crippen LogP contribution in [0.1, 0.15) is 25.1 Å². The topological polar surface area (TPSA) is 37.9 Å². The molecular formula is C12H18N2O. The maximum Gasteiger partial charge on any atom is 0.222 e. The van der Waals surface area contributed by atoms with E-state index in [0.29, 0.717) is 5.88 Å². The number of methoxy groups -OCH3 is 1. The van der Waals surface area contributed by atoms with Crippen LogP contribution in [0.15, 0.2) is 12.3 Å². The lowest BCUT2D eigenvalue weighted by atomic mass is 10.2. The highest BCUT2D eigenvalue weighted by Gasteiger charge is 2.09. The van der Waals surface area contributed by atoms with Crippen molar-refractivity contribution in [3.8, 4) is 5.88 Å². The molecule has 1 N–H and O–H groups in total. The van der Waals surface area contributed by atoms with Crippen LogP contribution in [0.25, 0.3) is 10.9 Å². The molecule has 0 aliphatic rings. The van der Waals surface area contributed by atoms with Gasteiger partial charge in [-0.05, 0) is 25.5 Å². The minimum Gasteiger partial charge on any atom is -0.480 e. The molecule has 0 aliphatic heterocycles. The van der Waals surface area contributed by atoms with Gasteiger partial charge in [-0.2, -0.15) is 0 Å². The first-order chi connectivity index (χ1) is 7.24. The van der Waals surface area contributed by atoms with Gasteiger partial charge in [0.25, 0.3) is 0 Å². The molecule has 82 valence electrons. The van der Waals surface area contributed by atoms with E-state index in [1.807, 2.05) is 19.9 Å². The predicted octanol–water partition coefficient (Wildman–Crippen LogP) is 3.21. The van der Waals surface area contributed by atoms with Gasteiger partial charge in [0.05, 0.1) is 18.0 Å². The Morgan fingerprint density at radius 2 is 1.93 bits per heavy atom. The number of aryl methyl sites for hydroxylation is 2. The molecule has 3 nitrogen and oxygen atoms in total. The number of nitrogens with zero attached hydrogens (tertiary/aromatic N) is 1. The van der Waals surface area contributed by atoms with E-state index in [2.05, 4.69) is 23.8 Å². The lowest BCUT2D eigenvalue weighted by molar-refractivity contribution is 0.403. The minimum absolute atomic E-state index is 0.694. The fraction of sp³-hybridized carbons (Fsp3) is 0.417. The molecule has 0 saturated carbocycles. The Bertz CT molecular complexity index is 446. The lowest BCUT2D eigenvalue weighted by Crippen LogP contribution is -1.87. The smallest absolute Gasteiger partial charge is 0.222 e. The molecule has 0 aliphatic carbocycles. The SMILES string of the molecule is CC.COc1nccc2[nH]c(C)c(C)c12. The summed E-state index contributed by atoms with van der Waals surface area (Å²) in [4.78, 5) is 7.44. The Morgan fingerprint density at radius 3 is 2.53 bits per heavy atom. The number of aromatic nitrogens is 2. The van der Waals surface area contributed by atoms with Crippen LogP contribution in [-0.4, -0.2) is 17.1 Å². The number of rotatable bonds is 1. The Kier molecular flexibility index (Phi) is 3.72. The van der Waals surface area contributed by atoms with Gasteiger partial charge < -0.3 is 9.72 Å². The number of H-pyrrole nitrogens is 1. The van der Waals surface area contributed by atoms with Gasteiger partial charge in [-0.1, -0.05) is 13.8 Å². The highest BCUT2D eigenvalue weighted by molar-refractivity contribution is 5.88. The van der Waals surface area contributed by atoms with Crippen LogP contribution in [0.5, 0.6) is 5.88 Å². The molecule has 2 aromatic rings. The van der Waals surface area contributed by atoms with Crippen molar-refractivity contribution < 1.29 is 4.74 Å². The van der Waals surface area contributed by atoms with Gasteiger partial charge in [0.15, 0.2) is 0 Å². The molecule has 0 radical (unpaired) electrons. The van der Waals surface area contributed by atoms with Crippen molar-refractivity contribution in [2.24, 2.45) is 0 Å². The van der Waals surface area contributed by atoms with E-state index in [0.717, 1.165) is 10.9 Å². The summed E-state index contributed by atoms with van der Waals surface area (Å²) in [7, 11) is 1.64. The molecule has 0 spiro atoms. The van der Waals surface area contributed by atoms with E-state index in [9.17, 15) is 0 Å². The average molecular weight is 206 g/mol. The second kappa shape index (κ2) is 4.82. The Hall–Kier alpha value is -1.51. The highest BCUT2D eigenvalue weighted by atomic mass is 16.5. The monoisotopic (exact) mass is 206 g/mol. The van der Waals surface area contributed by atoms with E-state index < -0.39 is 0 Å². The van der Waals surface area contributed by atoms with Crippen LogP contribution in [0, 0.1) is 13.8 Å². The Morgan fingerprint density at radius 1 is 1.27 bits per heavy atom. The highest BCUT2D eigenvalue weighted by Crippen LogP contribution is 2.27. The summed E-state index contributed by atoms with van der Waals surface area (Å²) in [5.74, 6) is 0.694. The molecule has 2 heterocycles. The summed E-state index contributed by atoms with van der Waals surface area (Å²) < 4.78 is 5.19. The maximum atomic E-state index is 5.19. The zero-order chi connectivity index (χ0) is 11.4. The largest absolute Gasteiger partial charge is 0.480 e. The van der Waals surface area contributed by atoms with Crippen molar-refractivity contribution in [3.05, 3.63) is 23.5 Å². The van der Waals surface area contributed by atoms with Crippen LogP contribution < -0.4 is 4.74 Å². The van der Waals surface area contributed by atoms with Crippen molar-refractivity contribution in [2.75, 3.05) is 7.11 Å². The molecular weight excluding hydrogens is 188 g/mol. The molecule has 0 amide bonds. The summed E-state index contributed by atoms with van der Waals surface area (Å²) in [5, 5.41) is 1.09. The Balaban J connectivity index is 0.000000531. The van der Waals surface area contributed by atoms with Crippen molar-refractivity contribution in [1.29, 1.82) is 0 Å². The first kappa shape index (κ1) is 11.6. The second-order valence-electron chi connectivity index (χ2n) is 3.12. The third-order valence-electron chi connectivity index (χ3n) is 2.37. The molecule has 3 heteroatoms. The zero-order valence-electron chi connectivity index (χ0n) is 10.0. The van der Waals surface area contributed by atoms with Gasteiger partial charge >= 0.3 is 0 Å². The van der Waals surface area contributed by atoms with E-state index in [1.54, 1.807) is 13.3 Å². The molecule has 15 heavy (non-hydrogen) atoms. The third-order valence-corrected chi connectivity index (χ3v) is 2.37. The van der Waals surface area contributed by atoms with Crippen LogP contribution >= 0.6 is 0 Å². The van der Waals surface area contributed by atoms with Crippen LogP contribution in [-0.2, 0) is 0 Å². The summed E-state index contributed by atoms with van der Waals surface area (Å²) in [5.41, 5.74) is 3.46. The number of hydrogen-bond acceptors (Lipinski definition) is 2. The molecule has 2 rings (SSSR count). The number of fused-ring (bicyclic) bond motifs is 1. The van der Waals surface area contributed by atoms with Crippen molar-refractivity contribution in [1.82, 2.24) is 9.97 Å². The lowest BCUT2D eigenvalue weighted by Gasteiger charge is -2.00. The molecule has 0 aromatic carbocycles. The van der Waals surface area contributed by atoms with Gasteiger partial charge in [-0.3, -0.25) is 0 Å². The van der Waals surface area contributed by atoms with Gasteiger partial charge in [-0.15, -0.1) is 0 Å². The number of ether oxygens (including phenoxy) is 1. The van der Waals surface area contributed by atoms with Crippen molar-refractivity contribution >= 4 is 10.9 Å². The van der Waals surface area contributed by atoms with Gasteiger partial charge in [-0.25, -0.2) is 4.98 Å². The van der Waals surface area contributed by atoms with E-state index in [4.69, 9.17) is 4.74 Å². The van der Waals surface area contributed by atoms with Gasteiger partial charge in [0, 0.05) is 11.9 Å². The molecule has 0 unspecified atom stereocenters. The first-order valence-corrected chi connectivity index (χ1v) is 5.22.